The summed E-state index contributed by atoms with van der Waals surface area (Å²) in [5.74, 6) is 0.582. The summed E-state index contributed by atoms with van der Waals surface area (Å²) in [4.78, 5) is 3.91. The first-order chi connectivity index (χ1) is 8.88. The number of nitrogens with two attached hydrogens (primary N) is 1. The molecule has 1 aliphatic rings. The molecule has 0 spiro atoms. The van der Waals surface area contributed by atoms with Gasteiger partial charge < -0.3 is 5.73 Å². The fourth-order valence-corrected chi connectivity index (χ4v) is 4.34. The highest BCUT2D eigenvalue weighted by molar-refractivity contribution is 9.10. The molecule has 1 fully saturated rings. The number of sulfonamides is 1. The van der Waals surface area contributed by atoms with E-state index in [2.05, 4.69) is 32.6 Å². The van der Waals surface area contributed by atoms with Crippen molar-refractivity contribution in [1.29, 1.82) is 0 Å². The highest BCUT2D eigenvalue weighted by atomic mass is 79.9. The average molecular weight is 348 g/mol. The highest BCUT2D eigenvalue weighted by Crippen LogP contribution is 2.26. The van der Waals surface area contributed by atoms with Crippen LogP contribution in [0, 0.1) is 5.92 Å². The second-order valence-corrected chi connectivity index (χ2v) is 7.72. The maximum Gasteiger partial charge on any atom is 0.244 e. The Bertz CT molecular complexity index is 562. The Balaban J connectivity index is 2.20. The Kier molecular flexibility index (Phi) is 4.47. The van der Waals surface area contributed by atoms with E-state index < -0.39 is 10.0 Å². The first-order valence-corrected chi connectivity index (χ1v) is 8.59. The Morgan fingerprint density at radius 1 is 1.47 bits per heavy atom. The molecule has 1 aromatic rings. The minimum absolute atomic E-state index is 0.00729. The normalized spacial score (nSPS) is 24.3. The molecule has 1 aromatic heterocycles. The van der Waals surface area contributed by atoms with Gasteiger partial charge in [0.15, 0.2) is 0 Å². The number of hydrogen-bond donors (Lipinski definition) is 2. The molecule has 0 bridgehead atoms. The zero-order valence-electron chi connectivity index (χ0n) is 10.8. The number of anilines is 1. The molecule has 2 rings (SSSR count). The number of nitrogens with zero attached hydrogens (tertiary/aromatic N) is 1. The summed E-state index contributed by atoms with van der Waals surface area (Å²) < 4.78 is 28.0. The van der Waals surface area contributed by atoms with Gasteiger partial charge in [0.2, 0.25) is 10.0 Å². The fraction of sp³-hybridized carbons (Fsp3) is 0.583. The lowest BCUT2D eigenvalue weighted by molar-refractivity contribution is 0.327. The third kappa shape index (κ3) is 3.67. The van der Waals surface area contributed by atoms with Gasteiger partial charge in [-0.1, -0.05) is 19.8 Å². The van der Waals surface area contributed by atoms with Crippen molar-refractivity contribution in [2.24, 2.45) is 5.92 Å². The predicted molar refractivity (Wildman–Crippen MR) is 78.1 cm³/mol. The summed E-state index contributed by atoms with van der Waals surface area (Å²) in [6.07, 6.45) is 5.46. The van der Waals surface area contributed by atoms with Crippen molar-refractivity contribution < 1.29 is 8.42 Å². The molecule has 5 nitrogen and oxygen atoms in total. The summed E-state index contributed by atoms with van der Waals surface area (Å²) in [6, 6.07) is 1.48. The van der Waals surface area contributed by atoms with Crippen LogP contribution in [0.5, 0.6) is 0 Å². The quantitative estimate of drug-likeness (QED) is 0.878. The molecule has 1 aliphatic carbocycles. The van der Waals surface area contributed by atoms with Crippen LogP contribution in [0.1, 0.15) is 32.6 Å². The van der Waals surface area contributed by atoms with Gasteiger partial charge >= 0.3 is 0 Å². The van der Waals surface area contributed by atoms with Gasteiger partial charge in [-0.15, -0.1) is 0 Å². The van der Waals surface area contributed by atoms with Crippen LogP contribution in [-0.2, 0) is 10.0 Å². The highest BCUT2D eigenvalue weighted by Gasteiger charge is 2.26. The standard InChI is InChI=1S/C12H18BrN3O2S/c1-8-3-2-4-10(5-8)16-19(17,18)11-6-9(13)7-15-12(11)14/h6-8,10,16H,2-5H2,1H3,(H2,14,15). The lowest BCUT2D eigenvalue weighted by Crippen LogP contribution is -2.38. The molecule has 0 aromatic carbocycles. The van der Waals surface area contributed by atoms with E-state index in [4.69, 9.17) is 5.73 Å². The number of nitrogen functional groups attached to an aromatic ring is 1. The number of aromatic nitrogens is 1. The molecule has 19 heavy (non-hydrogen) atoms. The maximum absolute atomic E-state index is 12.3. The molecular formula is C12H18BrN3O2S. The number of nitrogens with one attached hydrogen (secondary N) is 1. The molecule has 0 amide bonds. The van der Waals surface area contributed by atoms with Crippen LogP contribution in [0.3, 0.4) is 0 Å². The summed E-state index contributed by atoms with van der Waals surface area (Å²) in [5, 5.41) is 0. The van der Waals surface area contributed by atoms with Crippen LogP contribution in [0.2, 0.25) is 0 Å². The van der Waals surface area contributed by atoms with Crippen LogP contribution in [0.25, 0.3) is 0 Å². The Labute approximate surface area is 122 Å². The fourth-order valence-electron chi connectivity index (χ4n) is 2.47. The van der Waals surface area contributed by atoms with E-state index in [0.29, 0.717) is 10.4 Å². The monoisotopic (exact) mass is 347 g/mol. The zero-order chi connectivity index (χ0) is 14.0. The molecule has 2 unspecified atom stereocenters. The van der Waals surface area contributed by atoms with Gasteiger partial charge in [0.1, 0.15) is 10.7 Å². The van der Waals surface area contributed by atoms with Gasteiger partial charge in [0.05, 0.1) is 0 Å². The zero-order valence-corrected chi connectivity index (χ0v) is 13.2. The second kappa shape index (κ2) is 5.76. The molecule has 0 saturated heterocycles. The van der Waals surface area contributed by atoms with E-state index in [1.165, 1.54) is 18.7 Å². The average Bonchev–Trinajstić information content (AvgIpc) is 2.31. The third-order valence-electron chi connectivity index (χ3n) is 3.40. The lowest BCUT2D eigenvalue weighted by Gasteiger charge is -2.27. The van der Waals surface area contributed by atoms with E-state index >= 15 is 0 Å². The van der Waals surface area contributed by atoms with E-state index in [9.17, 15) is 8.42 Å². The minimum Gasteiger partial charge on any atom is -0.383 e. The van der Waals surface area contributed by atoms with Gasteiger partial charge in [0.25, 0.3) is 0 Å². The van der Waals surface area contributed by atoms with Crippen molar-refractivity contribution in [2.45, 2.75) is 43.5 Å². The van der Waals surface area contributed by atoms with Crippen LogP contribution in [0.4, 0.5) is 5.82 Å². The molecule has 106 valence electrons. The van der Waals surface area contributed by atoms with Gasteiger partial charge in [-0.2, -0.15) is 0 Å². The van der Waals surface area contributed by atoms with Crippen molar-refractivity contribution in [2.75, 3.05) is 5.73 Å². The van der Waals surface area contributed by atoms with E-state index in [1.807, 2.05) is 0 Å². The largest absolute Gasteiger partial charge is 0.383 e. The first kappa shape index (κ1) is 14.7. The summed E-state index contributed by atoms with van der Waals surface area (Å²) >= 11 is 3.21. The SMILES string of the molecule is CC1CCCC(NS(=O)(=O)c2cc(Br)cnc2N)C1. The smallest absolute Gasteiger partial charge is 0.244 e. The number of halogens is 1. The molecule has 2 atom stereocenters. The van der Waals surface area contributed by atoms with Gasteiger partial charge in [-0.05, 0) is 40.8 Å². The topological polar surface area (TPSA) is 85.1 Å². The second-order valence-electron chi connectivity index (χ2n) is 5.13. The van der Waals surface area contributed by atoms with Crippen LogP contribution in [-0.4, -0.2) is 19.4 Å². The van der Waals surface area contributed by atoms with Crippen LogP contribution < -0.4 is 10.5 Å². The molecular weight excluding hydrogens is 330 g/mol. The Hall–Kier alpha value is -0.660. The van der Waals surface area contributed by atoms with Crippen molar-refractivity contribution >= 4 is 31.8 Å². The van der Waals surface area contributed by atoms with Gasteiger partial charge in [0, 0.05) is 16.7 Å². The molecule has 1 saturated carbocycles. The summed E-state index contributed by atoms with van der Waals surface area (Å²) in [5.41, 5.74) is 5.66. The molecule has 7 heteroatoms. The molecule has 1 heterocycles. The van der Waals surface area contributed by atoms with E-state index in [0.717, 1.165) is 19.3 Å². The van der Waals surface area contributed by atoms with Crippen molar-refractivity contribution in [3.8, 4) is 0 Å². The number of hydrogen-bond acceptors (Lipinski definition) is 4. The number of pyridine rings is 1. The maximum atomic E-state index is 12.3. The van der Waals surface area contributed by atoms with Crippen molar-refractivity contribution in [1.82, 2.24) is 9.71 Å². The first-order valence-electron chi connectivity index (χ1n) is 6.32. The van der Waals surface area contributed by atoms with Crippen LogP contribution >= 0.6 is 15.9 Å². The van der Waals surface area contributed by atoms with Crippen molar-refractivity contribution in [3.05, 3.63) is 16.7 Å². The summed E-state index contributed by atoms with van der Waals surface area (Å²) in [6.45, 7) is 2.15. The lowest BCUT2D eigenvalue weighted by atomic mass is 9.88. The third-order valence-corrected chi connectivity index (χ3v) is 5.38. The minimum atomic E-state index is -3.60. The Morgan fingerprint density at radius 2 is 2.21 bits per heavy atom. The predicted octanol–water partition coefficient (Wildman–Crippen LogP) is 2.28. The number of rotatable bonds is 3. The molecule has 0 aliphatic heterocycles. The van der Waals surface area contributed by atoms with Gasteiger partial charge in [-0.25, -0.2) is 18.1 Å². The van der Waals surface area contributed by atoms with E-state index in [-0.39, 0.29) is 16.8 Å². The van der Waals surface area contributed by atoms with Crippen molar-refractivity contribution in [3.63, 3.8) is 0 Å². The Morgan fingerprint density at radius 3 is 2.89 bits per heavy atom. The van der Waals surface area contributed by atoms with Crippen LogP contribution in [0.15, 0.2) is 21.6 Å². The molecule has 0 radical (unpaired) electrons. The molecule has 3 N–H and O–H groups in total. The summed E-state index contributed by atoms with van der Waals surface area (Å²) in [7, 11) is -3.60. The van der Waals surface area contributed by atoms with E-state index in [1.54, 1.807) is 0 Å². The van der Waals surface area contributed by atoms with Gasteiger partial charge in [-0.3, -0.25) is 0 Å².